The summed E-state index contributed by atoms with van der Waals surface area (Å²) in [7, 11) is 0. The van der Waals surface area contributed by atoms with Crippen molar-refractivity contribution in [2.45, 2.75) is 37.5 Å². The van der Waals surface area contributed by atoms with Crippen molar-refractivity contribution < 1.29 is 4.74 Å². The van der Waals surface area contributed by atoms with Crippen LogP contribution in [0, 0.1) is 0 Å². The Kier molecular flexibility index (Phi) is 3.59. The molecule has 2 fully saturated rings. The Morgan fingerprint density at radius 3 is 3.17 bits per heavy atom. The topological polar surface area (TPSA) is 51.4 Å². The number of nitrogens with two attached hydrogens (primary N) is 1. The lowest BCUT2D eigenvalue weighted by Gasteiger charge is -2.42. The van der Waals surface area contributed by atoms with Gasteiger partial charge < -0.3 is 10.5 Å². The van der Waals surface area contributed by atoms with Crippen LogP contribution in [0.4, 0.5) is 0 Å². The second kappa shape index (κ2) is 5.34. The van der Waals surface area contributed by atoms with Gasteiger partial charge in [0.2, 0.25) is 0 Å². The summed E-state index contributed by atoms with van der Waals surface area (Å²) in [5.41, 5.74) is 7.09. The summed E-state index contributed by atoms with van der Waals surface area (Å²) in [6.07, 6.45) is 5.96. The minimum atomic E-state index is 0.237. The minimum absolute atomic E-state index is 0.237. The molecule has 4 nitrogen and oxygen atoms in total. The van der Waals surface area contributed by atoms with Gasteiger partial charge in [0.15, 0.2) is 0 Å². The molecule has 4 heteroatoms. The fourth-order valence-electron chi connectivity index (χ4n) is 3.34. The van der Waals surface area contributed by atoms with Crippen LogP contribution in [0.1, 0.15) is 31.0 Å². The van der Waals surface area contributed by atoms with Crippen molar-refractivity contribution in [1.82, 2.24) is 9.88 Å². The van der Waals surface area contributed by atoms with Crippen LogP contribution in [0.5, 0.6) is 0 Å². The lowest BCUT2D eigenvalue weighted by molar-refractivity contribution is -0.0717. The highest BCUT2D eigenvalue weighted by atomic mass is 16.5. The summed E-state index contributed by atoms with van der Waals surface area (Å²) < 4.78 is 5.86. The third-order valence-corrected chi connectivity index (χ3v) is 4.18. The molecule has 18 heavy (non-hydrogen) atoms. The molecule has 1 aromatic rings. The van der Waals surface area contributed by atoms with Crippen LogP contribution < -0.4 is 5.73 Å². The van der Waals surface area contributed by atoms with Gasteiger partial charge >= 0.3 is 0 Å². The average Bonchev–Trinajstić information content (AvgIpc) is 2.90. The van der Waals surface area contributed by atoms with Crippen LogP contribution >= 0.6 is 0 Å². The van der Waals surface area contributed by atoms with Gasteiger partial charge in [-0.2, -0.15) is 0 Å². The number of nitrogens with zero attached hydrogens (tertiary/aromatic N) is 2. The Bertz CT molecular complexity index is 384. The largest absolute Gasteiger partial charge is 0.375 e. The molecule has 2 heterocycles. The van der Waals surface area contributed by atoms with Gasteiger partial charge in [0.05, 0.1) is 24.4 Å². The fourth-order valence-corrected chi connectivity index (χ4v) is 3.34. The van der Waals surface area contributed by atoms with E-state index in [1.54, 1.807) is 0 Å². The molecule has 3 unspecified atom stereocenters. The first-order valence-corrected chi connectivity index (χ1v) is 6.88. The van der Waals surface area contributed by atoms with Crippen LogP contribution in [0.2, 0.25) is 0 Å². The maximum absolute atomic E-state index is 6.00. The summed E-state index contributed by atoms with van der Waals surface area (Å²) in [5.74, 6) is 0. The number of ether oxygens (including phenoxy) is 1. The van der Waals surface area contributed by atoms with Gasteiger partial charge in [-0.15, -0.1) is 0 Å². The van der Waals surface area contributed by atoms with Crippen molar-refractivity contribution in [3.05, 3.63) is 30.1 Å². The fraction of sp³-hybridized carbons (Fsp3) is 0.643. The van der Waals surface area contributed by atoms with Crippen LogP contribution in [-0.4, -0.2) is 41.7 Å². The van der Waals surface area contributed by atoms with E-state index >= 15 is 0 Å². The third-order valence-electron chi connectivity index (χ3n) is 4.18. The second-order valence-corrected chi connectivity index (χ2v) is 5.15. The van der Waals surface area contributed by atoms with Crippen LogP contribution in [0.15, 0.2) is 24.4 Å². The van der Waals surface area contributed by atoms with Crippen molar-refractivity contribution in [1.29, 1.82) is 0 Å². The molecule has 98 valence electrons. The maximum Gasteiger partial charge on any atom is 0.0731 e. The van der Waals surface area contributed by atoms with E-state index in [9.17, 15) is 0 Å². The highest BCUT2D eigenvalue weighted by Crippen LogP contribution is 2.34. The molecule has 0 amide bonds. The molecule has 0 radical (unpaired) electrons. The van der Waals surface area contributed by atoms with Gasteiger partial charge in [-0.3, -0.25) is 9.88 Å². The predicted octanol–water partition coefficient (Wildman–Crippen LogP) is 1.33. The van der Waals surface area contributed by atoms with Crippen molar-refractivity contribution in [3.8, 4) is 0 Å². The van der Waals surface area contributed by atoms with Gasteiger partial charge in [-0.1, -0.05) is 6.07 Å². The number of morpholine rings is 1. The van der Waals surface area contributed by atoms with E-state index < -0.39 is 0 Å². The van der Waals surface area contributed by atoms with Gasteiger partial charge in [-0.05, 0) is 31.4 Å². The quantitative estimate of drug-likeness (QED) is 0.875. The molecule has 3 atom stereocenters. The van der Waals surface area contributed by atoms with Crippen LogP contribution in [0.3, 0.4) is 0 Å². The molecule has 2 N–H and O–H groups in total. The lowest BCUT2D eigenvalue weighted by Crippen LogP contribution is -2.51. The van der Waals surface area contributed by atoms with E-state index in [-0.39, 0.29) is 6.04 Å². The van der Waals surface area contributed by atoms with E-state index in [2.05, 4.69) is 16.0 Å². The zero-order chi connectivity index (χ0) is 12.4. The summed E-state index contributed by atoms with van der Waals surface area (Å²) in [5, 5.41) is 0. The minimum Gasteiger partial charge on any atom is -0.375 e. The van der Waals surface area contributed by atoms with E-state index in [0.29, 0.717) is 18.7 Å². The maximum atomic E-state index is 6.00. The first-order valence-electron chi connectivity index (χ1n) is 6.88. The Hall–Kier alpha value is -0.970. The van der Waals surface area contributed by atoms with Crippen LogP contribution in [0.25, 0.3) is 0 Å². The molecular formula is C14H21N3O. The monoisotopic (exact) mass is 247 g/mol. The summed E-state index contributed by atoms with van der Waals surface area (Å²) in [6, 6.07) is 6.85. The van der Waals surface area contributed by atoms with Gasteiger partial charge in [0.25, 0.3) is 0 Å². The molecule has 1 saturated heterocycles. The molecule has 1 aliphatic carbocycles. The number of fused-ring (bicyclic) bond motifs is 1. The molecule has 1 aliphatic heterocycles. The summed E-state index contributed by atoms with van der Waals surface area (Å²) in [4.78, 5) is 6.99. The Morgan fingerprint density at radius 1 is 1.44 bits per heavy atom. The third kappa shape index (κ3) is 2.16. The van der Waals surface area contributed by atoms with E-state index in [4.69, 9.17) is 10.5 Å². The molecule has 0 spiro atoms. The molecule has 0 aromatic carbocycles. The molecule has 1 aromatic heterocycles. The number of hydrogen-bond acceptors (Lipinski definition) is 4. The van der Waals surface area contributed by atoms with Gasteiger partial charge in [0, 0.05) is 25.3 Å². The Balaban J connectivity index is 1.82. The second-order valence-electron chi connectivity index (χ2n) is 5.15. The van der Waals surface area contributed by atoms with E-state index in [0.717, 1.165) is 18.8 Å². The predicted molar refractivity (Wildman–Crippen MR) is 70.1 cm³/mol. The van der Waals surface area contributed by atoms with Crippen molar-refractivity contribution in [2.75, 3.05) is 19.7 Å². The Morgan fingerprint density at radius 2 is 2.39 bits per heavy atom. The smallest absolute Gasteiger partial charge is 0.0731 e. The molecule has 2 aliphatic rings. The summed E-state index contributed by atoms with van der Waals surface area (Å²) >= 11 is 0. The number of rotatable bonds is 3. The lowest BCUT2D eigenvalue weighted by atomic mass is 10.0. The SMILES string of the molecule is NCC(c1ccccn1)N1CCOC2CCCC21. The number of pyridine rings is 1. The molecule has 1 saturated carbocycles. The standard InChI is InChI=1S/C14H21N3O/c15-10-13(11-4-1-2-7-16-11)17-8-9-18-14-6-3-5-12(14)17/h1-2,4,7,12-14H,3,5-6,8-10,15H2. The average molecular weight is 247 g/mol. The van der Waals surface area contributed by atoms with Crippen molar-refractivity contribution >= 4 is 0 Å². The van der Waals surface area contributed by atoms with Crippen molar-refractivity contribution in [2.24, 2.45) is 5.73 Å². The van der Waals surface area contributed by atoms with Gasteiger partial charge in [-0.25, -0.2) is 0 Å². The molecule has 3 rings (SSSR count). The normalized spacial score (nSPS) is 30.1. The first kappa shape index (κ1) is 12.1. The van der Waals surface area contributed by atoms with E-state index in [1.165, 1.54) is 19.3 Å². The highest BCUT2D eigenvalue weighted by molar-refractivity contribution is 5.11. The zero-order valence-corrected chi connectivity index (χ0v) is 10.7. The number of aromatic nitrogens is 1. The molecule has 0 bridgehead atoms. The Labute approximate surface area is 108 Å². The zero-order valence-electron chi connectivity index (χ0n) is 10.7. The summed E-state index contributed by atoms with van der Waals surface area (Å²) in [6.45, 7) is 2.42. The molecular weight excluding hydrogens is 226 g/mol. The van der Waals surface area contributed by atoms with E-state index in [1.807, 2.05) is 18.3 Å². The first-order chi connectivity index (χ1) is 8.90. The van der Waals surface area contributed by atoms with Gasteiger partial charge in [0.1, 0.15) is 0 Å². The van der Waals surface area contributed by atoms with Crippen LogP contribution in [-0.2, 0) is 4.74 Å². The number of hydrogen-bond donors (Lipinski definition) is 1. The highest BCUT2D eigenvalue weighted by Gasteiger charge is 2.39. The van der Waals surface area contributed by atoms with Crippen molar-refractivity contribution in [3.63, 3.8) is 0 Å².